The number of nitriles is 1. The van der Waals surface area contributed by atoms with E-state index in [0.717, 1.165) is 5.56 Å². The fourth-order valence-electron chi connectivity index (χ4n) is 4.73. The Kier molecular flexibility index (Phi) is 9.15. The van der Waals surface area contributed by atoms with Crippen LogP contribution in [0.1, 0.15) is 36.9 Å². The van der Waals surface area contributed by atoms with Crippen molar-refractivity contribution < 1.29 is 23.8 Å². The molecule has 1 fully saturated rings. The number of fused-ring (bicyclic) bond motifs is 1. The third kappa shape index (κ3) is 6.37. The molecule has 1 aromatic heterocycles. The van der Waals surface area contributed by atoms with E-state index in [2.05, 4.69) is 11.4 Å². The third-order valence-corrected chi connectivity index (χ3v) is 6.82. The van der Waals surface area contributed by atoms with Crippen molar-refractivity contribution >= 4 is 28.7 Å². The maximum atomic E-state index is 13.2. The zero-order chi connectivity index (χ0) is 27.8. The number of amides is 1. The Bertz CT molecular complexity index is 1360. The van der Waals surface area contributed by atoms with Gasteiger partial charge in [0.15, 0.2) is 23.2 Å². The van der Waals surface area contributed by atoms with Gasteiger partial charge >= 0.3 is 5.97 Å². The van der Waals surface area contributed by atoms with Gasteiger partial charge in [0, 0.05) is 19.6 Å². The molecular weight excluding hydrogens is 498 g/mol. The Morgan fingerprint density at radius 3 is 2.41 bits per heavy atom. The molecule has 2 aromatic carbocycles. The molecule has 1 saturated heterocycles. The smallest absolute Gasteiger partial charge is 0.309 e. The van der Waals surface area contributed by atoms with Crippen molar-refractivity contribution in [3.63, 3.8) is 0 Å². The first-order chi connectivity index (χ1) is 19.0. The number of anilines is 1. The molecule has 0 unspecified atom stereocenters. The number of esters is 1. The van der Waals surface area contributed by atoms with Gasteiger partial charge in [-0.15, -0.1) is 0 Å². The van der Waals surface area contributed by atoms with Crippen molar-refractivity contribution in [2.24, 2.45) is 5.92 Å². The van der Waals surface area contributed by atoms with Gasteiger partial charge in [0.1, 0.15) is 5.69 Å². The molecule has 10 nitrogen and oxygen atoms in total. The van der Waals surface area contributed by atoms with E-state index < -0.39 is 11.8 Å². The van der Waals surface area contributed by atoms with Crippen LogP contribution in [0.15, 0.2) is 42.5 Å². The predicted octanol–water partition coefficient (Wildman–Crippen LogP) is 3.39. The highest BCUT2D eigenvalue weighted by Gasteiger charge is 2.32. The van der Waals surface area contributed by atoms with E-state index in [1.807, 2.05) is 47.4 Å². The number of methoxy groups -OCH3 is 2. The topological polar surface area (TPSA) is 127 Å². The number of nitrogens with zero attached hydrogens (tertiary/aromatic N) is 4. The monoisotopic (exact) mass is 531 g/mol. The minimum Gasteiger partial charge on any atom is -0.493 e. The van der Waals surface area contributed by atoms with Crippen LogP contribution in [0.3, 0.4) is 0 Å². The van der Waals surface area contributed by atoms with Crippen molar-refractivity contribution in [3.05, 3.63) is 53.7 Å². The molecule has 2 heterocycles. The van der Waals surface area contributed by atoms with Crippen LogP contribution in [0.5, 0.6) is 11.5 Å². The van der Waals surface area contributed by atoms with Crippen LogP contribution in [0.4, 0.5) is 5.82 Å². The molecular formula is C29H33N5O5. The van der Waals surface area contributed by atoms with Crippen molar-refractivity contribution in [1.82, 2.24) is 15.3 Å². The molecule has 1 amide bonds. The summed E-state index contributed by atoms with van der Waals surface area (Å²) in [7, 11) is 3.15. The van der Waals surface area contributed by atoms with Crippen LogP contribution in [-0.4, -0.2) is 62.3 Å². The van der Waals surface area contributed by atoms with Crippen LogP contribution in [0.25, 0.3) is 11.0 Å². The molecule has 39 heavy (non-hydrogen) atoms. The second-order valence-corrected chi connectivity index (χ2v) is 9.23. The molecule has 0 aliphatic carbocycles. The van der Waals surface area contributed by atoms with Gasteiger partial charge in [0.05, 0.1) is 43.8 Å². The number of carbonyl (C=O) groups excluding carboxylic acids is 2. The summed E-state index contributed by atoms with van der Waals surface area (Å²) >= 11 is 0. The van der Waals surface area contributed by atoms with Crippen LogP contribution in [0.2, 0.25) is 0 Å². The predicted molar refractivity (Wildman–Crippen MR) is 146 cm³/mol. The standard InChI is InChI=1S/C29H33N5O5/c1-4-39-29(36)20-12-15-34(16-13-20)27-26(32-22-7-5-6-8-23(22)33-27)21(18-30)28(35)31-14-11-19-9-10-24(37-2)25(17-19)38-3/h5-10,17,20-21H,4,11-16H2,1-3H3,(H,31,35)/t21-/m1/s1. The number of nitrogens with one attached hydrogen (secondary N) is 1. The molecule has 0 saturated carbocycles. The van der Waals surface area contributed by atoms with Crippen molar-refractivity contribution in [2.75, 3.05) is 45.4 Å². The second-order valence-electron chi connectivity index (χ2n) is 9.23. The summed E-state index contributed by atoms with van der Waals surface area (Å²) in [4.78, 5) is 37.0. The summed E-state index contributed by atoms with van der Waals surface area (Å²) in [6, 6.07) is 15.1. The maximum Gasteiger partial charge on any atom is 0.309 e. The number of piperidine rings is 1. The minimum absolute atomic E-state index is 0.176. The Balaban J connectivity index is 1.52. The summed E-state index contributed by atoms with van der Waals surface area (Å²) in [5, 5.41) is 13.0. The van der Waals surface area contributed by atoms with Gasteiger partial charge in [0.25, 0.3) is 0 Å². The number of ether oxygens (including phenoxy) is 3. The quantitative estimate of drug-likeness (QED) is 0.392. The van der Waals surface area contributed by atoms with E-state index in [-0.39, 0.29) is 11.9 Å². The summed E-state index contributed by atoms with van der Waals surface area (Å²) in [5.74, 6) is -0.217. The molecule has 204 valence electrons. The first kappa shape index (κ1) is 27.6. The normalized spacial score (nSPS) is 14.4. The molecule has 0 radical (unpaired) electrons. The molecule has 1 aliphatic rings. The highest BCUT2D eigenvalue weighted by molar-refractivity contribution is 5.89. The van der Waals surface area contributed by atoms with Gasteiger partial charge in [-0.25, -0.2) is 9.97 Å². The van der Waals surface area contributed by atoms with Gasteiger partial charge in [-0.05, 0) is 56.0 Å². The Morgan fingerprint density at radius 1 is 1.08 bits per heavy atom. The van der Waals surface area contributed by atoms with E-state index in [4.69, 9.17) is 24.2 Å². The number of para-hydroxylation sites is 2. The number of hydrogen-bond donors (Lipinski definition) is 1. The van der Waals surface area contributed by atoms with Crippen molar-refractivity contribution in [1.29, 1.82) is 5.26 Å². The lowest BCUT2D eigenvalue weighted by Crippen LogP contribution is -2.39. The molecule has 4 rings (SSSR count). The molecule has 0 bridgehead atoms. The molecule has 3 aromatic rings. The zero-order valence-electron chi connectivity index (χ0n) is 22.5. The van der Waals surface area contributed by atoms with Crippen LogP contribution in [0, 0.1) is 17.2 Å². The Hall–Kier alpha value is -4.39. The fraction of sp³-hybridized carbons (Fsp3) is 0.414. The van der Waals surface area contributed by atoms with E-state index in [9.17, 15) is 14.9 Å². The van der Waals surface area contributed by atoms with Gasteiger partial charge in [-0.3, -0.25) is 9.59 Å². The lowest BCUT2D eigenvalue weighted by Gasteiger charge is -2.33. The van der Waals surface area contributed by atoms with E-state index >= 15 is 0 Å². The summed E-state index contributed by atoms with van der Waals surface area (Å²) in [5.41, 5.74) is 2.55. The van der Waals surface area contributed by atoms with Crippen molar-refractivity contribution in [2.45, 2.75) is 32.1 Å². The fourth-order valence-corrected chi connectivity index (χ4v) is 4.73. The van der Waals surface area contributed by atoms with E-state index in [1.165, 1.54) is 0 Å². The van der Waals surface area contributed by atoms with Crippen LogP contribution >= 0.6 is 0 Å². The summed E-state index contributed by atoms with van der Waals surface area (Å²) in [6.07, 6.45) is 1.74. The Labute approximate surface area is 227 Å². The zero-order valence-corrected chi connectivity index (χ0v) is 22.5. The SMILES string of the molecule is CCOC(=O)C1CCN(c2nc3ccccc3nc2[C@@H](C#N)C(=O)NCCc2ccc(OC)c(OC)c2)CC1. The number of carbonyl (C=O) groups is 2. The highest BCUT2D eigenvalue weighted by Crippen LogP contribution is 2.31. The number of benzene rings is 2. The maximum absolute atomic E-state index is 13.2. The molecule has 10 heteroatoms. The number of aromatic nitrogens is 2. The third-order valence-electron chi connectivity index (χ3n) is 6.82. The van der Waals surface area contributed by atoms with E-state index in [1.54, 1.807) is 21.1 Å². The lowest BCUT2D eigenvalue weighted by atomic mass is 9.96. The molecule has 1 N–H and O–H groups in total. The second kappa shape index (κ2) is 12.9. The Morgan fingerprint density at radius 2 is 1.77 bits per heavy atom. The van der Waals surface area contributed by atoms with Gasteiger partial charge in [-0.2, -0.15) is 5.26 Å². The first-order valence-corrected chi connectivity index (χ1v) is 13.1. The lowest BCUT2D eigenvalue weighted by molar-refractivity contribution is -0.148. The van der Waals surface area contributed by atoms with E-state index in [0.29, 0.717) is 79.5 Å². The first-order valence-electron chi connectivity index (χ1n) is 13.1. The average Bonchev–Trinajstić information content (AvgIpc) is 2.97. The molecule has 0 spiro atoms. The van der Waals surface area contributed by atoms with Gasteiger partial charge in [-0.1, -0.05) is 18.2 Å². The largest absolute Gasteiger partial charge is 0.493 e. The summed E-state index contributed by atoms with van der Waals surface area (Å²) in [6.45, 7) is 3.56. The number of hydrogen-bond acceptors (Lipinski definition) is 9. The van der Waals surface area contributed by atoms with Crippen LogP contribution in [-0.2, 0) is 20.7 Å². The molecule has 1 atom stereocenters. The van der Waals surface area contributed by atoms with Gasteiger partial charge < -0.3 is 24.4 Å². The van der Waals surface area contributed by atoms with Crippen LogP contribution < -0.4 is 19.7 Å². The number of rotatable bonds is 10. The van der Waals surface area contributed by atoms with Gasteiger partial charge in [0.2, 0.25) is 5.91 Å². The summed E-state index contributed by atoms with van der Waals surface area (Å²) < 4.78 is 15.8. The minimum atomic E-state index is -1.15. The average molecular weight is 532 g/mol. The van der Waals surface area contributed by atoms with Crippen molar-refractivity contribution in [3.8, 4) is 17.6 Å². The highest BCUT2D eigenvalue weighted by atomic mass is 16.5. The molecule has 1 aliphatic heterocycles.